The van der Waals surface area contributed by atoms with Crippen molar-refractivity contribution in [1.82, 2.24) is 0 Å². The third-order valence-corrected chi connectivity index (χ3v) is 1.79. The first-order chi connectivity index (χ1) is 4.10. The molecule has 0 amide bonds. The summed E-state index contributed by atoms with van der Waals surface area (Å²) < 4.78 is 0. The van der Waals surface area contributed by atoms with E-state index in [1.165, 1.54) is 0 Å². The molecule has 1 unspecified atom stereocenters. The predicted octanol–water partition coefficient (Wildman–Crippen LogP) is 0.621. The number of carboxylic acids is 1. The molecule has 0 heterocycles. The van der Waals surface area contributed by atoms with Crippen LogP contribution in [0.2, 0.25) is 0 Å². The first kappa shape index (κ1) is 6.09. The van der Waals surface area contributed by atoms with Crippen molar-refractivity contribution in [2.75, 3.05) is 0 Å². The Balaban J connectivity index is 2.61. The zero-order chi connectivity index (χ0) is 7.07. The molecule has 0 aliphatic heterocycles. The van der Waals surface area contributed by atoms with Crippen molar-refractivity contribution in [2.45, 2.75) is 13.3 Å². The fourth-order valence-corrected chi connectivity index (χ4v) is 0.849. The fraction of sp³-hybridized carbons (Fsp3) is 0.667. The lowest BCUT2D eigenvalue weighted by molar-refractivity contribution is -0.139. The van der Waals surface area contributed by atoms with E-state index < -0.39 is 17.3 Å². The van der Waals surface area contributed by atoms with Gasteiger partial charge in [0.25, 0.3) is 0 Å². The number of carboxylic acid groups (broad SMARTS) is 1. The van der Waals surface area contributed by atoms with Gasteiger partial charge in [0, 0.05) is 0 Å². The van der Waals surface area contributed by atoms with Crippen LogP contribution in [0.3, 0.4) is 0 Å². The van der Waals surface area contributed by atoms with Crippen molar-refractivity contribution < 1.29 is 9.90 Å². The van der Waals surface area contributed by atoms with E-state index in [1.54, 1.807) is 6.92 Å². The number of hydrogen-bond acceptors (Lipinski definition) is 2. The number of carbonyl (C=O) groups is 1. The van der Waals surface area contributed by atoms with Crippen LogP contribution in [-0.4, -0.2) is 11.1 Å². The molecule has 0 aromatic carbocycles. The summed E-state index contributed by atoms with van der Waals surface area (Å²) in [5.41, 5.74) is -0.564. The fourth-order valence-electron chi connectivity index (χ4n) is 0.849. The molecule has 1 aliphatic carbocycles. The minimum absolute atomic E-state index is 0.414. The molecular formula is C6H7NO2. The van der Waals surface area contributed by atoms with Gasteiger partial charge in [-0.3, -0.25) is 4.79 Å². The third kappa shape index (κ3) is 0.765. The molecule has 1 fully saturated rings. The summed E-state index contributed by atoms with van der Waals surface area (Å²) in [5.74, 6) is -1.26. The summed E-state index contributed by atoms with van der Waals surface area (Å²) in [5, 5.41) is 16.7. The maximum absolute atomic E-state index is 10.2. The Hall–Kier alpha value is -1.04. The maximum atomic E-state index is 10.2. The molecule has 1 saturated carbocycles. The zero-order valence-electron chi connectivity index (χ0n) is 5.09. The van der Waals surface area contributed by atoms with Crippen molar-refractivity contribution in [2.24, 2.45) is 11.3 Å². The van der Waals surface area contributed by atoms with E-state index in [0.717, 1.165) is 0 Å². The van der Waals surface area contributed by atoms with E-state index in [4.69, 9.17) is 10.4 Å². The van der Waals surface area contributed by atoms with Crippen LogP contribution in [-0.2, 0) is 4.79 Å². The van der Waals surface area contributed by atoms with Crippen molar-refractivity contribution >= 4 is 5.97 Å². The Morgan fingerprint density at radius 3 is 2.67 bits per heavy atom. The molecule has 1 N–H and O–H groups in total. The minimum Gasteiger partial charge on any atom is -0.481 e. The average molecular weight is 125 g/mol. The lowest BCUT2D eigenvalue weighted by atomic mass is 10.1. The Kier molecular flexibility index (Phi) is 0.995. The van der Waals surface area contributed by atoms with Crippen LogP contribution in [0.4, 0.5) is 0 Å². The molecule has 0 bridgehead atoms. The van der Waals surface area contributed by atoms with Crippen molar-refractivity contribution in [3.05, 3.63) is 0 Å². The van der Waals surface area contributed by atoms with Crippen LogP contribution in [0.15, 0.2) is 0 Å². The summed E-state index contributed by atoms with van der Waals surface area (Å²) in [6, 6.07) is 1.97. The van der Waals surface area contributed by atoms with Gasteiger partial charge in [-0.2, -0.15) is 5.26 Å². The van der Waals surface area contributed by atoms with Gasteiger partial charge in [0.05, 0.1) is 17.4 Å². The Morgan fingerprint density at radius 2 is 2.56 bits per heavy atom. The molecule has 0 aromatic heterocycles. The van der Waals surface area contributed by atoms with Crippen LogP contribution in [0.1, 0.15) is 13.3 Å². The number of nitrogens with zero attached hydrogens (tertiary/aromatic N) is 1. The molecule has 48 valence electrons. The Labute approximate surface area is 52.9 Å². The predicted molar refractivity (Wildman–Crippen MR) is 29.5 cm³/mol. The van der Waals surface area contributed by atoms with Crippen molar-refractivity contribution in [1.29, 1.82) is 5.26 Å². The molecule has 0 saturated heterocycles. The molecular weight excluding hydrogens is 118 g/mol. The molecule has 2 atom stereocenters. The summed E-state index contributed by atoms with van der Waals surface area (Å²) in [6.45, 7) is 1.67. The van der Waals surface area contributed by atoms with Gasteiger partial charge in [0.15, 0.2) is 0 Å². The second kappa shape index (κ2) is 1.47. The van der Waals surface area contributed by atoms with Crippen LogP contribution >= 0.6 is 0 Å². The molecule has 1 rings (SSSR count). The van der Waals surface area contributed by atoms with E-state index in [9.17, 15) is 4.79 Å². The molecule has 0 spiro atoms. The molecule has 3 nitrogen and oxygen atoms in total. The van der Waals surface area contributed by atoms with Crippen molar-refractivity contribution in [3.63, 3.8) is 0 Å². The highest BCUT2D eigenvalue weighted by atomic mass is 16.4. The summed E-state index contributed by atoms with van der Waals surface area (Å²) in [7, 11) is 0. The molecule has 0 aromatic rings. The topological polar surface area (TPSA) is 61.1 Å². The van der Waals surface area contributed by atoms with E-state index in [0.29, 0.717) is 6.42 Å². The van der Waals surface area contributed by atoms with Gasteiger partial charge in [-0.15, -0.1) is 0 Å². The first-order valence-electron chi connectivity index (χ1n) is 2.74. The number of rotatable bonds is 1. The number of nitriles is 1. The summed E-state index contributed by atoms with van der Waals surface area (Å²) in [6.07, 6.45) is 0.513. The highest BCUT2D eigenvalue weighted by Gasteiger charge is 2.55. The average Bonchev–Trinajstić information content (AvgIpc) is 2.44. The van der Waals surface area contributed by atoms with E-state index in [-0.39, 0.29) is 0 Å². The third-order valence-electron chi connectivity index (χ3n) is 1.79. The second-order valence-corrected chi connectivity index (χ2v) is 2.62. The molecule has 3 heteroatoms. The van der Waals surface area contributed by atoms with E-state index in [2.05, 4.69) is 0 Å². The largest absolute Gasteiger partial charge is 0.481 e. The Bertz CT molecular complexity index is 194. The highest BCUT2D eigenvalue weighted by molar-refractivity contribution is 5.75. The molecule has 9 heavy (non-hydrogen) atoms. The lowest BCUT2D eigenvalue weighted by Crippen LogP contribution is -2.04. The van der Waals surface area contributed by atoms with E-state index >= 15 is 0 Å². The minimum atomic E-state index is -0.848. The lowest BCUT2D eigenvalue weighted by Gasteiger charge is -1.91. The Morgan fingerprint density at radius 1 is 2.00 bits per heavy atom. The monoisotopic (exact) mass is 125 g/mol. The van der Waals surface area contributed by atoms with Gasteiger partial charge >= 0.3 is 5.97 Å². The van der Waals surface area contributed by atoms with Crippen molar-refractivity contribution in [3.8, 4) is 6.07 Å². The van der Waals surface area contributed by atoms with Crippen LogP contribution in [0.25, 0.3) is 0 Å². The van der Waals surface area contributed by atoms with Crippen LogP contribution < -0.4 is 0 Å². The smallest absolute Gasteiger partial charge is 0.308 e. The maximum Gasteiger partial charge on any atom is 0.308 e. The second-order valence-electron chi connectivity index (χ2n) is 2.62. The van der Waals surface area contributed by atoms with Gasteiger partial charge in [0.2, 0.25) is 0 Å². The normalized spacial score (nSPS) is 39.3. The van der Waals surface area contributed by atoms with E-state index in [1.807, 2.05) is 6.07 Å². The SMILES string of the molecule is C[C@]1(C#N)CC1C(=O)O. The molecule has 1 aliphatic rings. The summed E-state index contributed by atoms with van der Waals surface area (Å²) in [4.78, 5) is 10.2. The summed E-state index contributed by atoms with van der Waals surface area (Å²) >= 11 is 0. The highest BCUT2D eigenvalue weighted by Crippen LogP contribution is 2.51. The van der Waals surface area contributed by atoms with Gasteiger partial charge in [-0.1, -0.05) is 0 Å². The number of aliphatic carboxylic acids is 1. The van der Waals surface area contributed by atoms with Crippen LogP contribution in [0.5, 0.6) is 0 Å². The first-order valence-corrected chi connectivity index (χ1v) is 2.74. The van der Waals surface area contributed by atoms with Gasteiger partial charge in [-0.25, -0.2) is 0 Å². The standard InChI is InChI=1S/C6H7NO2/c1-6(3-7)2-4(6)5(8)9/h4H,2H2,1H3,(H,8,9)/t4?,6-/m1/s1. The van der Waals surface area contributed by atoms with Gasteiger partial charge in [0.1, 0.15) is 0 Å². The van der Waals surface area contributed by atoms with Gasteiger partial charge in [-0.05, 0) is 13.3 Å². The number of hydrogen-bond donors (Lipinski definition) is 1. The van der Waals surface area contributed by atoms with Crippen LogP contribution in [0, 0.1) is 22.7 Å². The molecule has 0 radical (unpaired) electrons. The quantitative estimate of drug-likeness (QED) is 0.558. The van der Waals surface area contributed by atoms with Gasteiger partial charge < -0.3 is 5.11 Å². The zero-order valence-corrected chi connectivity index (χ0v) is 5.09.